The minimum Gasteiger partial charge on any atom is -0.325 e. The van der Waals surface area contributed by atoms with E-state index in [4.69, 9.17) is 0 Å². The highest BCUT2D eigenvalue weighted by Gasteiger charge is 2.02. The summed E-state index contributed by atoms with van der Waals surface area (Å²) in [5.41, 5.74) is 1.69. The molecule has 4 nitrogen and oxygen atoms in total. The van der Waals surface area contributed by atoms with Gasteiger partial charge >= 0.3 is 0 Å². The number of pyridine rings is 1. The Bertz CT molecular complexity index is 545. The van der Waals surface area contributed by atoms with E-state index >= 15 is 0 Å². The first kappa shape index (κ1) is 13.7. The summed E-state index contributed by atoms with van der Waals surface area (Å²) >= 11 is 3.36. The van der Waals surface area contributed by atoms with Crippen LogP contribution in [0, 0.1) is 0 Å². The van der Waals surface area contributed by atoms with Gasteiger partial charge in [-0.05, 0) is 30.3 Å². The van der Waals surface area contributed by atoms with Crippen LogP contribution in [-0.4, -0.2) is 17.4 Å². The largest absolute Gasteiger partial charge is 0.325 e. The maximum absolute atomic E-state index is 11.7. The first-order valence-electron chi connectivity index (χ1n) is 5.90. The molecule has 0 fully saturated rings. The molecule has 1 aromatic carbocycles. The lowest BCUT2D eigenvalue weighted by Gasteiger charge is -2.06. The molecule has 0 radical (unpaired) electrons. The summed E-state index contributed by atoms with van der Waals surface area (Å²) in [5.74, 6) is -0.0750. The molecule has 0 bridgehead atoms. The molecule has 1 amide bonds. The minimum absolute atomic E-state index is 0.0750. The average Bonchev–Trinajstić information content (AvgIpc) is 2.40. The molecule has 5 heteroatoms. The summed E-state index contributed by atoms with van der Waals surface area (Å²) in [6.07, 6.45) is 1.73. The number of hydrogen-bond donors (Lipinski definition) is 2. The van der Waals surface area contributed by atoms with Crippen LogP contribution in [0.25, 0.3) is 0 Å². The smallest absolute Gasteiger partial charge is 0.238 e. The van der Waals surface area contributed by atoms with E-state index in [0.29, 0.717) is 6.54 Å². The lowest BCUT2D eigenvalue weighted by Crippen LogP contribution is -2.27. The zero-order chi connectivity index (χ0) is 13.5. The number of hydrogen-bond acceptors (Lipinski definition) is 3. The first-order valence-corrected chi connectivity index (χ1v) is 6.69. The van der Waals surface area contributed by atoms with Crippen molar-refractivity contribution >= 4 is 27.5 Å². The highest BCUT2D eigenvalue weighted by molar-refractivity contribution is 9.10. The van der Waals surface area contributed by atoms with Crippen LogP contribution >= 0.6 is 15.9 Å². The maximum atomic E-state index is 11.7. The second-order valence-electron chi connectivity index (χ2n) is 3.98. The molecule has 2 N–H and O–H groups in total. The Morgan fingerprint density at radius 1 is 1.21 bits per heavy atom. The molecule has 0 spiro atoms. The van der Waals surface area contributed by atoms with Crippen LogP contribution in [0.1, 0.15) is 5.69 Å². The molecule has 0 aliphatic heterocycles. The summed E-state index contributed by atoms with van der Waals surface area (Å²) in [6, 6.07) is 13.2. The summed E-state index contributed by atoms with van der Waals surface area (Å²) in [6.45, 7) is 0.829. The lowest BCUT2D eigenvalue weighted by atomic mass is 10.3. The van der Waals surface area contributed by atoms with E-state index in [9.17, 15) is 4.79 Å². The molecule has 0 saturated carbocycles. The van der Waals surface area contributed by atoms with Crippen molar-refractivity contribution in [2.45, 2.75) is 6.54 Å². The molecular formula is C14H14BrN3O. The monoisotopic (exact) mass is 319 g/mol. The summed E-state index contributed by atoms with van der Waals surface area (Å²) in [7, 11) is 0. The standard InChI is InChI=1S/C14H14BrN3O/c15-11-4-3-6-12(8-11)18-14(19)10-16-9-13-5-1-2-7-17-13/h1-8,16H,9-10H2,(H,18,19). The van der Waals surface area contributed by atoms with Crippen molar-refractivity contribution in [3.05, 3.63) is 58.8 Å². The number of carbonyl (C=O) groups is 1. The fourth-order valence-electron chi connectivity index (χ4n) is 1.58. The molecule has 0 unspecified atom stereocenters. The third-order valence-corrected chi connectivity index (χ3v) is 2.92. The Labute approximate surface area is 120 Å². The molecule has 0 aliphatic rings. The van der Waals surface area contributed by atoms with Crippen LogP contribution in [0.5, 0.6) is 0 Å². The fraction of sp³-hybridized carbons (Fsp3) is 0.143. The van der Waals surface area contributed by atoms with Crippen molar-refractivity contribution in [3.63, 3.8) is 0 Å². The van der Waals surface area contributed by atoms with Gasteiger partial charge in [0.1, 0.15) is 0 Å². The fourth-order valence-corrected chi connectivity index (χ4v) is 1.98. The molecule has 1 aromatic heterocycles. The quantitative estimate of drug-likeness (QED) is 0.890. The van der Waals surface area contributed by atoms with Gasteiger partial charge in [0.05, 0.1) is 12.2 Å². The number of rotatable bonds is 5. The number of nitrogens with one attached hydrogen (secondary N) is 2. The van der Waals surface area contributed by atoms with Gasteiger partial charge in [0.25, 0.3) is 0 Å². The van der Waals surface area contributed by atoms with Gasteiger partial charge in [-0.2, -0.15) is 0 Å². The number of benzene rings is 1. The van der Waals surface area contributed by atoms with Crippen molar-refractivity contribution in [2.75, 3.05) is 11.9 Å². The maximum Gasteiger partial charge on any atom is 0.238 e. The van der Waals surface area contributed by atoms with Gasteiger partial charge in [-0.3, -0.25) is 9.78 Å². The summed E-state index contributed by atoms with van der Waals surface area (Å²) in [5, 5.41) is 5.87. The minimum atomic E-state index is -0.0750. The number of aromatic nitrogens is 1. The second kappa shape index (κ2) is 7.01. The number of carbonyl (C=O) groups excluding carboxylic acids is 1. The van der Waals surface area contributed by atoms with Gasteiger partial charge in [0, 0.05) is 22.9 Å². The normalized spacial score (nSPS) is 10.2. The van der Waals surface area contributed by atoms with Crippen molar-refractivity contribution in [1.82, 2.24) is 10.3 Å². The SMILES string of the molecule is O=C(CNCc1ccccn1)Nc1cccc(Br)c1. The zero-order valence-corrected chi connectivity index (χ0v) is 11.9. The van der Waals surface area contributed by atoms with Crippen LogP contribution < -0.4 is 10.6 Å². The van der Waals surface area contributed by atoms with E-state index in [1.54, 1.807) is 6.20 Å². The van der Waals surface area contributed by atoms with Gasteiger partial charge in [0.15, 0.2) is 0 Å². The Kier molecular flexibility index (Phi) is 5.06. The number of anilines is 1. The first-order chi connectivity index (χ1) is 9.24. The third-order valence-electron chi connectivity index (χ3n) is 2.43. The summed E-state index contributed by atoms with van der Waals surface area (Å²) < 4.78 is 0.937. The Hall–Kier alpha value is -1.72. The van der Waals surface area contributed by atoms with Gasteiger partial charge in [-0.1, -0.05) is 28.1 Å². The lowest BCUT2D eigenvalue weighted by molar-refractivity contribution is -0.115. The average molecular weight is 320 g/mol. The highest BCUT2D eigenvalue weighted by Crippen LogP contribution is 2.15. The predicted molar refractivity (Wildman–Crippen MR) is 78.7 cm³/mol. The van der Waals surface area contributed by atoms with E-state index in [1.165, 1.54) is 0 Å². The van der Waals surface area contributed by atoms with E-state index in [-0.39, 0.29) is 12.5 Å². The van der Waals surface area contributed by atoms with Crippen LogP contribution in [0.2, 0.25) is 0 Å². The Morgan fingerprint density at radius 3 is 2.84 bits per heavy atom. The number of halogens is 1. The molecule has 0 aliphatic carbocycles. The summed E-state index contributed by atoms with van der Waals surface area (Å²) in [4.78, 5) is 15.9. The number of nitrogens with zero attached hydrogens (tertiary/aromatic N) is 1. The predicted octanol–water partition coefficient (Wildman–Crippen LogP) is 2.57. The van der Waals surface area contributed by atoms with Gasteiger partial charge in [-0.25, -0.2) is 0 Å². The molecule has 1 heterocycles. The van der Waals surface area contributed by atoms with Crippen molar-refractivity contribution in [3.8, 4) is 0 Å². The zero-order valence-electron chi connectivity index (χ0n) is 10.3. The molecule has 0 atom stereocenters. The van der Waals surface area contributed by atoms with Crippen LogP contribution in [-0.2, 0) is 11.3 Å². The number of amides is 1. The third kappa shape index (κ3) is 4.81. The van der Waals surface area contributed by atoms with E-state index < -0.39 is 0 Å². The highest BCUT2D eigenvalue weighted by atomic mass is 79.9. The van der Waals surface area contributed by atoms with E-state index in [2.05, 4.69) is 31.5 Å². The van der Waals surface area contributed by atoms with E-state index in [1.807, 2.05) is 42.5 Å². The van der Waals surface area contributed by atoms with Crippen LogP contribution in [0.3, 0.4) is 0 Å². The molecule has 2 aromatic rings. The van der Waals surface area contributed by atoms with Crippen molar-refractivity contribution in [1.29, 1.82) is 0 Å². The van der Waals surface area contributed by atoms with E-state index in [0.717, 1.165) is 15.9 Å². The molecule has 0 saturated heterocycles. The Morgan fingerprint density at radius 2 is 2.11 bits per heavy atom. The second-order valence-corrected chi connectivity index (χ2v) is 4.90. The van der Waals surface area contributed by atoms with Gasteiger partial charge in [-0.15, -0.1) is 0 Å². The topological polar surface area (TPSA) is 54.0 Å². The molecular weight excluding hydrogens is 306 g/mol. The van der Waals surface area contributed by atoms with Crippen LogP contribution in [0.15, 0.2) is 53.1 Å². The molecule has 2 rings (SSSR count). The molecule has 98 valence electrons. The van der Waals surface area contributed by atoms with Gasteiger partial charge in [0.2, 0.25) is 5.91 Å². The van der Waals surface area contributed by atoms with Crippen molar-refractivity contribution < 1.29 is 4.79 Å². The Balaban J connectivity index is 1.76. The molecule has 19 heavy (non-hydrogen) atoms. The van der Waals surface area contributed by atoms with Crippen molar-refractivity contribution in [2.24, 2.45) is 0 Å². The van der Waals surface area contributed by atoms with Gasteiger partial charge < -0.3 is 10.6 Å². The van der Waals surface area contributed by atoms with Crippen LogP contribution in [0.4, 0.5) is 5.69 Å².